The first kappa shape index (κ1) is 30.1. The number of nitrogens with two attached hydrogens (primary N) is 3. The molecule has 0 aromatic carbocycles. The first-order valence-corrected chi connectivity index (χ1v) is 12.4. The van der Waals surface area contributed by atoms with Gasteiger partial charge in [-0.15, -0.1) is 0 Å². The molecular formula is C20H40N6O5S. The molecule has 0 aliphatic heterocycles. The van der Waals surface area contributed by atoms with E-state index in [0.717, 1.165) is 0 Å². The summed E-state index contributed by atoms with van der Waals surface area (Å²) >= 11 is 1.57. The maximum atomic E-state index is 12.7. The van der Waals surface area contributed by atoms with E-state index in [2.05, 4.69) is 16.0 Å². The number of nitrogens with one attached hydrogen (secondary N) is 3. The van der Waals surface area contributed by atoms with Gasteiger partial charge in [-0.2, -0.15) is 11.8 Å². The van der Waals surface area contributed by atoms with Crippen LogP contribution in [0.4, 0.5) is 0 Å². The normalized spacial score (nSPS) is 14.7. The second-order valence-corrected chi connectivity index (χ2v) is 8.63. The van der Waals surface area contributed by atoms with Crippen LogP contribution in [-0.2, 0) is 19.2 Å². The van der Waals surface area contributed by atoms with Gasteiger partial charge in [0.15, 0.2) is 0 Å². The van der Waals surface area contributed by atoms with Crippen molar-refractivity contribution in [2.24, 2.45) is 17.2 Å². The Bertz CT molecular complexity index is 595. The number of rotatable bonds is 18. The molecule has 0 aromatic heterocycles. The van der Waals surface area contributed by atoms with E-state index in [-0.39, 0.29) is 6.42 Å². The fourth-order valence-electron chi connectivity index (χ4n) is 2.84. The van der Waals surface area contributed by atoms with Gasteiger partial charge in [0.1, 0.15) is 18.1 Å². The van der Waals surface area contributed by atoms with Gasteiger partial charge in [0, 0.05) is 0 Å². The van der Waals surface area contributed by atoms with Gasteiger partial charge in [-0.05, 0) is 77.0 Å². The van der Waals surface area contributed by atoms with Crippen molar-refractivity contribution in [3.8, 4) is 0 Å². The van der Waals surface area contributed by atoms with Crippen molar-refractivity contribution in [1.82, 2.24) is 16.0 Å². The number of carbonyl (C=O) groups excluding carboxylic acids is 3. The van der Waals surface area contributed by atoms with Crippen molar-refractivity contribution >= 4 is 35.5 Å². The van der Waals surface area contributed by atoms with E-state index < -0.39 is 47.9 Å². The van der Waals surface area contributed by atoms with Crippen molar-refractivity contribution in [2.45, 2.75) is 76.0 Å². The van der Waals surface area contributed by atoms with Crippen LogP contribution in [0.1, 0.15) is 51.9 Å². The van der Waals surface area contributed by atoms with Crippen LogP contribution in [0.3, 0.4) is 0 Å². The second-order valence-electron chi connectivity index (χ2n) is 7.65. The monoisotopic (exact) mass is 476 g/mol. The molecule has 0 aliphatic carbocycles. The number of hydrogen-bond donors (Lipinski definition) is 7. The minimum Gasteiger partial charge on any atom is -0.480 e. The Morgan fingerprint density at radius 1 is 0.812 bits per heavy atom. The molecule has 32 heavy (non-hydrogen) atoms. The number of aliphatic carboxylic acids is 1. The Labute approximate surface area is 194 Å². The smallest absolute Gasteiger partial charge is 0.326 e. The molecule has 11 nitrogen and oxygen atoms in total. The molecule has 0 saturated heterocycles. The summed E-state index contributed by atoms with van der Waals surface area (Å²) in [7, 11) is 0. The summed E-state index contributed by atoms with van der Waals surface area (Å²) in [6, 6.07) is -3.66. The second kappa shape index (κ2) is 17.6. The zero-order valence-electron chi connectivity index (χ0n) is 19.1. The van der Waals surface area contributed by atoms with Crippen LogP contribution in [-0.4, -0.2) is 78.1 Å². The highest BCUT2D eigenvalue weighted by molar-refractivity contribution is 7.98. The fraction of sp³-hybridized carbons (Fsp3) is 0.800. The van der Waals surface area contributed by atoms with Crippen molar-refractivity contribution in [1.29, 1.82) is 0 Å². The van der Waals surface area contributed by atoms with Gasteiger partial charge in [-0.25, -0.2) is 4.79 Å². The molecule has 3 amide bonds. The van der Waals surface area contributed by atoms with Crippen LogP contribution in [0.2, 0.25) is 0 Å². The maximum Gasteiger partial charge on any atom is 0.326 e. The van der Waals surface area contributed by atoms with Crippen LogP contribution in [0.25, 0.3) is 0 Å². The SMILES string of the molecule is CSCCC(N)C(=O)NC(CCCCN)C(=O)NC(C)C(=O)NC(CCCCN)C(=O)O. The largest absolute Gasteiger partial charge is 0.480 e. The first-order chi connectivity index (χ1) is 15.2. The quantitative estimate of drug-likeness (QED) is 0.120. The summed E-state index contributed by atoms with van der Waals surface area (Å²) in [4.78, 5) is 48.9. The van der Waals surface area contributed by atoms with Gasteiger partial charge in [-0.1, -0.05) is 0 Å². The molecule has 0 bridgehead atoms. The average molecular weight is 477 g/mol. The van der Waals surface area contributed by atoms with Crippen molar-refractivity contribution in [3.63, 3.8) is 0 Å². The van der Waals surface area contributed by atoms with E-state index in [0.29, 0.717) is 57.4 Å². The number of amides is 3. The van der Waals surface area contributed by atoms with Gasteiger partial charge in [0.05, 0.1) is 6.04 Å². The molecule has 0 aliphatic rings. The number of carboxylic acid groups (broad SMARTS) is 1. The zero-order chi connectivity index (χ0) is 24.5. The van der Waals surface area contributed by atoms with Crippen LogP contribution in [0.5, 0.6) is 0 Å². The van der Waals surface area contributed by atoms with Crippen molar-refractivity contribution in [2.75, 3.05) is 25.1 Å². The van der Waals surface area contributed by atoms with E-state index in [1.165, 1.54) is 6.92 Å². The minimum absolute atomic E-state index is 0.241. The average Bonchev–Trinajstić information content (AvgIpc) is 2.75. The Hall–Kier alpha value is -1.89. The number of carbonyl (C=O) groups is 4. The number of thioether (sulfide) groups is 1. The molecule has 0 saturated carbocycles. The highest BCUT2D eigenvalue weighted by atomic mass is 32.2. The highest BCUT2D eigenvalue weighted by Crippen LogP contribution is 2.05. The van der Waals surface area contributed by atoms with Crippen LogP contribution in [0.15, 0.2) is 0 Å². The van der Waals surface area contributed by atoms with Gasteiger partial charge in [-0.3, -0.25) is 14.4 Å². The Morgan fingerprint density at radius 2 is 1.34 bits per heavy atom. The van der Waals surface area contributed by atoms with Crippen molar-refractivity contribution < 1.29 is 24.3 Å². The standard InChI is InChI=1S/C20H40N6O5S/c1-13(17(27)26-16(20(30)31)8-4-6-11-22)24-19(29)15(7-3-5-10-21)25-18(28)14(23)9-12-32-2/h13-16H,3-12,21-23H2,1-2H3,(H,24,29)(H,25,28)(H,26,27)(H,30,31). The fourth-order valence-corrected chi connectivity index (χ4v) is 3.33. The summed E-state index contributed by atoms with van der Waals surface area (Å²) in [5.41, 5.74) is 16.8. The Balaban J connectivity index is 4.97. The summed E-state index contributed by atoms with van der Waals surface area (Å²) in [5.74, 6) is -2.03. The number of carboxylic acids is 1. The van der Waals surface area contributed by atoms with E-state index in [1.54, 1.807) is 11.8 Å². The molecule has 0 spiro atoms. The van der Waals surface area contributed by atoms with E-state index >= 15 is 0 Å². The lowest BCUT2D eigenvalue weighted by atomic mass is 10.1. The first-order valence-electron chi connectivity index (χ1n) is 11.0. The molecule has 4 unspecified atom stereocenters. The van der Waals surface area contributed by atoms with Crippen LogP contribution in [0, 0.1) is 0 Å². The molecule has 4 atom stereocenters. The maximum absolute atomic E-state index is 12.7. The lowest BCUT2D eigenvalue weighted by Gasteiger charge is -2.23. The van der Waals surface area contributed by atoms with E-state index in [1.807, 2.05) is 6.26 Å². The molecule has 186 valence electrons. The van der Waals surface area contributed by atoms with Crippen molar-refractivity contribution in [3.05, 3.63) is 0 Å². The predicted molar refractivity (Wildman–Crippen MR) is 126 cm³/mol. The lowest BCUT2D eigenvalue weighted by Crippen LogP contribution is -2.56. The topological polar surface area (TPSA) is 203 Å². The Morgan fingerprint density at radius 3 is 1.84 bits per heavy atom. The molecule has 12 heteroatoms. The lowest BCUT2D eigenvalue weighted by molar-refractivity contribution is -0.142. The molecule has 0 aromatic rings. The summed E-state index contributed by atoms with van der Waals surface area (Å²) in [6.07, 6.45) is 5.46. The third-order valence-corrected chi connectivity index (χ3v) is 5.51. The third kappa shape index (κ3) is 12.8. The predicted octanol–water partition coefficient (Wildman–Crippen LogP) is -1.12. The molecule has 0 fully saturated rings. The van der Waals surface area contributed by atoms with E-state index in [9.17, 15) is 24.3 Å². The van der Waals surface area contributed by atoms with Gasteiger partial charge >= 0.3 is 5.97 Å². The zero-order valence-corrected chi connectivity index (χ0v) is 19.9. The summed E-state index contributed by atoms with van der Waals surface area (Å²) in [6.45, 7) is 2.34. The van der Waals surface area contributed by atoms with Gasteiger partial charge in [0.2, 0.25) is 17.7 Å². The Kier molecular flexibility index (Phi) is 16.6. The van der Waals surface area contributed by atoms with Gasteiger partial charge in [0.25, 0.3) is 0 Å². The molecule has 0 heterocycles. The van der Waals surface area contributed by atoms with Gasteiger partial charge < -0.3 is 38.3 Å². The van der Waals surface area contributed by atoms with E-state index in [4.69, 9.17) is 17.2 Å². The summed E-state index contributed by atoms with van der Waals surface area (Å²) in [5, 5.41) is 16.9. The van der Waals surface area contributed by atoms with Crippen LogP contribution >= 0.6 is 11.8 Å². The number of unbranched alkanes of at least 4 members (excludes halogenated alkanes) is 2. The highest BCUT2D eigenvalue weighted by Gasteiger charge is 2.27. The molecule has 0 radical (unpaired) electrons. The molecular weight excluding hydrogens is 436 g/mol. The number of hydrogen-bond acceptors (Lipinski definition) is 8. The molecule has 0 rings (SSSR count). The summed E-state index contributed by atoms with van der Waals surface area (Å²) < 4.78 is 0. The molecule has 10 N–H and O–H groups in total. The minimum atomic E-state index is -1.15. The third-order valence-electron chi connectivity index (χ3n) is 4.86. The van der Waals surface area contributed by atoms with Crippen LogP contribution < -0.4 is 33.2 Å².